The molecule has 1 heterocycles. The van der Waals surface area contributed by atoms with Crippen LogP contribution in [-0.2, 0) is 6.42 Å². The van der Waals surface area contributed by atoms with Gasteiger partial charge in [0.25, 0.3) is 11.8 Å². The van der Waals surface area contributed by atoms with Gasteiger partial charge in [-0.25, -0.2) is 0 Å². The number of carbonyl (C=O) groups is 2. The molecule has 1 fully saturated rings. The molecule has 2 N–H and O–H groups in total. The zero-order valence-corrected chi connectivity index (χ0v) is 21.4. The molecular weight excluding hydrogens is 446 g/mol. The Morgan fingerprint density at radius 1 is 0.889 bits per heavy atom. The van der Waals surface area contributed by atoms with Gasteiger partial charge in [-0.3, -0.25) is 9.59 Å². The molecule has 2 amide bonds. The highest BCUT2D eigenvalue weighted by Crippen LogP contribution is 2.28. The summed E-state index contributed by atoms with van der Waals surface area (Å²) >= 11 is 0. The van der Waals surface area contributed by atoms with E-state index >= 15 is 0 Å². The molecular formula is C31H37N3O2. The zero-order valence-electron chi connectivity index (χ0n) is 21.4. The first kappa shape index (κ1) is 25.5. The first-order chi connectivity index (χ1) is 17.5. The highest BCUT2D eigenvalue weighted by molar-refractivity contribution is 6.06. The summed E-state index contributed by atoms with van der Waals surface area (Å²) in [4.78, 5) is 28.6. The second-order valence-corrected chi connectivity index (χ2v) is 9.64. The quantitative estimate of drug-likeness (QED) is 0.313. The van der Waals surface area contributed by atoms with E-state index in [1.807, 2.05) is 73.7 Å². The lowest BCUT2D eigenvalue weighted by molar-refractivity contribution is 0.0939. The van der Waals surface area contributed by atoms with Crippen LogP contribution in [0.15, 0.2) is 72.8 Å². The average Bonchev–Trinajstić information content (AvgIpc) is 3.44. The predicted octanol–water partition coefficient (Wildman–Crippen LogP) is 6.76. The van der Waals surface area contributed by atoms with Crippen molar-refractivity contribution in [3.8, 4) is 0 Å². The minimum absolute atomic E-state index is 0.126. The van der Waals surface area contributed by atoms with E-state index in [4.69, 9.17) is 0 Å². The normalized spacial score (nSPS) is 13.9. The van der Waals surface area contributed by atoms with E-state index in [1.165, 1.54) is 24.8 Å². The monoisotopic (exact) mass is 483 g/mol. The van der Waals surface area contributed by atoms with Crippen LogP contribution in [0.1, 0.15) is 83.8 Å². The number of hydrogen-bond donors (Lipinski definition) is 2. The smallest absolute Gasteiger partial charge is 0.255 e. The lowest BCUT2D eigenvalue weighted by Gasteiger charge is -2.23. The second kappa shape index (κ2) is 12.4. The molecule has 1 aliphatic rings. The van der Waals surface area contributed by atoms with Crippen LogP contribution in [-0.4, -0.2) is 24.9 Å². The molecule has 3 aromatic rings. The van der Waals surface area contributed by atoms with Gasteiger partial charge in [-0.05, 0) is 74.1 Å². The molecule has 0 aliphatic carbocycles. The molecule has 5 heteroatoms. The van der Waals surface area contributed by atoms with Gasteiger partial charge in [-0.15, -0.1) is 0 Å². The fourth-order valence-corrected chi connectivity index (χ4v) is 4.73. The van der Waals surface area contributed by atoms with Crippen LogP contribution < -0.4 is 15.5 Å². The molecule has 0 radical (unpaired) electrons. The number of carbonyl (C=O) groups excluding carboxylic acids is 2. The van der Waals surface area contributed by atoms with Gasteiger partial charge in [0, 0.05) is 30.0 Å². The third-order valence-electron chi connectivity index (χ3n) is 6.88. The Hall–Kier alpha value is -3.60. The van der Waals surface area contributed by atoms with Crippen molar-refractivity contribution in [2.45, 2.75) is 58.4 Å². The molecule has 1 unspecified atom stereocenters. The number of unbranched alkanes of at least 4 members (excludes halogenated alkanes) is 2. The number of aryl methyl sites for hydroxylation is 1. The summed E-state index contributed by atoms with van der Waals surface area (Å²) in [6.45, 7) is 6.06. The largest absolute Gasteiger partial charge is 0.371 e. The lowest BCUT2D eigenvalue weighted by Crippen LogP contribution is -2.29. The van der Waals surface area contributed by atoms with Gasteiger partial charge in [0.2, 0.25) is 0 Å². The highest BCUT2D eigenvalue weighted by Gasteiger charge is 2.22. The average molecular weight is 484 g/mol. The van der Waals surface area contributed by atoms with E-state index in [2.05, 4.69) is 22.5 Å². The van der Waals surface area contributed by atoms with Gasteiger partial charge >= 0.3 is 0 Å². The fourth-order valence-electron chi connectivity index (χ4n) is 4.73. The van der Waals surface area contributed by atoms with E-state index < -0.39 is 0 Å². The van der Waals surface area contributed by atoms with Crippen LogP contribution in [0.25, 0.3) is 0 Å². The van der Waals surface area contributed by atoms with E-state index in [0.29, 0.717) is 16.8 Å². The summed E-state index contributed by atoms with van der Waals surface area (Å²) in [7, 11) is 0. The van der Waals surface area contributed by atoms with Crippen LogP contribution in [0.4, 0.5) is 11.4 Å². The van der Waals surface area contributed by atoms with Gasteiger partial charge in [0.05, 0.1) is 11.6 Å². The number of nitrogens with one attached hydrogen (secondary N) is 2. The molecule has 1 aliphatic heterocycles. The number of rotatable bonds is 10. The third kappa shape index (κ3) is 6.54. The molecule has 188 valence electrons. The van der Waals surface area contributed by atoms with Crippen molar-refractivity contribution in [1.82, 2.24) is 5.32 Å². The fraction of sp³-hybridized carbons (Fsp3) is 0.355. The minimum Gasteiger partial charge on any atom is -0.371 e. The summed E-state index contributed by atoms with van der Waals surface area (Å²) in [5.41, 5.74) is 5.04. The Bertz CT molecular complexity index is 1150. The number of nitrogens with zero attached hydrogens (tertiary/aromatic N) is 1. The SMILES string of the molecule is CCCCCc1ccc(C(=O)Nc2ccc(N3CCCC3)c(C(=O)NC(C)c3ccccc3)c2)cc1. The molecule has 5 nitrogen and oxygen atoms in total. The molecule has 36 heavy (non-hydrogen) atoms. The van der Waals surface area contributed by atoms with E-state index in [0.717, 1.165) is 43.6 Å². The molecule has 1 saturated heterocycles. The van der Waals surface area contributed by atoms with Gasteiger partial charge in [0.15, 0.2) is 0 Å². The van der Waals surface area contributed by atoms with Crippen molar-refractivity contribution in [1.29, 1.82) is 0 Å². The van der Waals surface area contributed by atoms with E-state index in [9.17, 15) is 9.59 Å². The topological polar surface area (TPSA) is 61.4 Å². The van der Waals surface area contributed by atoms with Crippen molar-refractivity contribution < 1.29 is 9.59 Å². The summed E-state index contributed by atoms with van der Waals surface area (Å²) in [5, 5.41) is 6.13. The summed E-state index contributed by atoms with van der Waals surface area (Å²) < 4.78 is 0. The minimum atomic E-state index is -0.173. The lowest BCUT2D eigenvalue weighted by atomic mass is 10.0. The molecule has 0 spiro atoms. The first-order valence-electron chi connectivity index (χ1n) is 13.2. The van der Waals surface area contributed by atoms with Gasteiger partial charge in [0.1, 0.15) is 0 Å². The Labute approximate surface area is 214 Å². The predicted molar refractivity (Wildman–Crippen MR) is 148 cm³/mol. The number of anilines is 2. The van der Waals surface area contributed by atoms with Gasteiger partial charge in [-0.2, -0.15) is 0 Å². The molecule has 0 bridgehead atoms. The van der Waals surface area contributed by atoms with Crippen molar-refractivity contribution >= 4 is 23.2 Å². The maximum atomic E-state index is 13.4. The molecule has 1 atom stereocenters. The van der Waals surface area contributed by atoms with Gasteiger partial charge < -0.3 is 15.5 Å². The maximum absolute atomic E-state index is 13.4. The van der Waals surface area contributed by atoms with Crippen molar-refractivity contribution in [2.75, 3.05) is 23.3 Å². The molecule has 4 rings (SSSR count). The maximum Gasteiger partial charge on any atom is 0.255 e. The van der Waals surface area contributed by atoms with Crippen LogP contribution in [0, 0.1) is 0 Å². The molecule has 3 aromatic carbocycles. The van der Waals surface area contributed by atoms with Gasteiger partial charge in [-0.1, -0.05) is 62.2 Å². The van der Waals surface area contributed by atoms with Crippen LogP contribution >= 0.6 is 0 Å². The summed E-state index contributed by atoms with van der Waals surface area (Å²) in [6.07, 6.45) is 6.85. The third-order valence-corrected chi connectivity index (χ3v) is 6.88. The van der Waals surface area contributed by atoms with Crippen LogP contribution in [0.5, 0.6) is 0 Å². The first-order valence-corrected chi connectivity index (χ1v) is 13.2. The summed E-state index contributed by atoms with van der Waals surface area (Å²) in [6, 6.07) is 23.3. The van der Waals surface area contributed by atoms with Crippen molar-refractivity contribution in [2.24, 2.45) is 0 Å². The van der Waals surface area contributed by atoms with Crippen LogP contribution in [0.2, 0.25) is 0 Å². The van der Waals surface area contributed by atoms with Crippen molar-refractivity contribution in [3.05, 3.63) is 95.1 Å². The number of amides is 2. The van der Waals surface area contributed by atoms with E-state index in [1.54, 1.807) is 6.07 Å². The van der Waals surface area contributed by atoms with Crippen LogP contribution in [0.3, 0.4) is 0 Å². The summed E-state index contributed by atoms with van der Waals surface area (Å²) in [5.74, 6) is -0.311. The second-order valence-electron chi connectivity index (χ2n) is 9.64. The number of benzene rings is 3. The Kier molecular flexibility index (Phi) is 8.77. The molecule has 0 aromatic heterocycles. The highest BCUT2D eigenvalue weighted by atomic mass is 16.2. The Morgan fingerprint density at radius 3 is 2.31 bits per heavy atom. The zero-order chi connectivity index (χ0) is 25.3. The number of hydrogen-bond acceptors (Lipinski definition) is 3. The van der Waals surface area contributed by atoms with E-state index in [-0.39, 0.29) is 17.9 Å². The van der Waals surface area contributed by atoms with Crippen molar-refractivity contribution in [3.63, 3.8) is 0 Å². The Balaban J connectivity index is 1.50. The molecule has 0 saturated carbocycles. The Morgan fingerprint density at radius 2 is 1.61 bits per heavy atom. The standard InChI is InChI=1S/C31H37N3O2/c1-3-4-6-11-24-14-16-26(17-15-24)30(35)33-27-18-19-29(34-20-9-10-21-34)28(22-27)31(36)32-23(2)25-12-7-5-8-13-25/h5,7-8,12-19,22-23H,3-4,6,9-11,20-21H2,1-2H3,(H,32,36)(H,33,35).